The van der Waals surface area contributed by atoms with Crippen LogP contribution in [0.15, 0.2) is 24.4 Å². The Balaban J connectivity index is 1.85. The molecule has 2 fully saturated rings. The summed E-state index contributed by atoms with van der Waals surface area (Å²) in [6.45, 7) is 8.02. The molecular weight excluding hydrogens is 274 g/mol. The molecule has 4 nitrogen and oxygen atoms in total. The zero-order chi connectivity index (χ0) is 14.9. The zero-order valence-electron chi connectivity index (χ0n) is 13.2. The average Bonchev–Trinajstić information content (AvgIpc) is 3.10. The first-order valence-electron chi connectivity index (χ1n) is 8.30. The standard InChI is InChI=1S/C18H23N3O/c1-14-13-19-18(21-7-2-3-8-21)15-5-4-6-16(17(14)15)20-9-11-22-12-10-20/h4-6,13H,2-3,7-12H2,1H3. The van der Waals surface area contributed by atoms with Crippen LogP contribution in [-0.2, 0) is 4.74 Å². The van der Waals surface area contributed by atoms with Gasteiger partial charge in [-0.05, 0) is 31.4 Å². The third-order valence-electron chi connectivity index (χ3n) is 4.82. The number of nitrogens with zero attached hydrogens (tertiary/aromatic N) is 3. The third kappa shape index (κ3) is 2.31. The molecule has 22 heavy (non-hydrogen) atoms. The molecule has 2 aromatic rings. The Morgan fingerprint density at radius 2 is 1.77 bits per heavy atom. The molecule has 0 N–H and O–H groups in total. The molecule has 4 rings (SSSR count). The molecule has 4 heteroatoms. The summed E-state index contributed by atoms with van der Waals surface area (Å²) in [7, 11) is 0. The average molecular weight is 297 g/mol. The Morgan fingerprint density at radius 3 is 2.55 bits per heavy atom. The number of fused-ring (bicyclic) bond motifs is 1. The van der Waals surface area contributed by atoms with Crippen LogP contribution in [0.1, 0.15) is 18.4 Å². The second kappa shape index (κ2) is 5.76. The Bertz CT molecular complexity index is 673. The minimum Gasteiger partial charge on any atom is -0.378 e. The zero-order valence-corrected chi connectivity index (χ0v) is 13.2. The topological polar surface area (TPSA) is 28.6 Å². The van der Waals surface area contributed by atoms with Crippen molar-refractivity contribution in [3.8, 4) is 0 Å². The van der Waals surface area contributed by atoms with E-state index in [1.807, 2.05) is 6.20 Å². The van der Waals surface area contributed by atoms with Crippen molar-refractivity contribution >= 4 is 22.3 Å². The Morgan fingerprint density at radius 1 is 1.00 bits per heavy atom. The quantitative estimate of drug-likeness (QED) is 0.852. The van der Waals surface area contributed by atoms with E-state index < -0.39 is 0 Å². The van der Waals surface area contributed by atoms with Crippen LogP contribution in [0.2, 0.25) is 0 Å². The van der Waals surface area contributed by atoms with Gasteiger partial charge in [0, 0.05) is 48.8 Å². The lowest BCUT2D eigenvalue weighted by Gasteiger charge is -2.31. The maximum atomic E-state index is 5.51. The van der Waals surface area contributed by atoms with Crippen LogP contribution in [0.25, 0.3) is 10.8 Å². The Hall–Kier alpha value is -1.81. The lowest BCUT2D eigenvalue weighted by Crippen LogP contribution is -2.36. The van der Waals surface area contributed by atoms with Crippen LogP contribution in [0.5, 0.6) is 0 Å². The van der Waals surface area contributed by atoms with E-state index in [0.29, 0.717) is 0 Å². The molecule has 0 radical (unpaired) electrons. The summed E-state index contributed by atoms with van der Waals surface area (Å²) in [4.78, 5) is 9.64. The molecule has 0 unspecified atom stereocenters. The molecule has 1 aromatic heterocycles. The van der Waals surface area contributed by atoms with E-state index in [1.165, 1.54) is 34.9 Å². The first-order chi connectivity index (χ1) is 10.8. The fraction of sp³-hybridized carbons (Fsp3) is 0.500. The van der Waals surface area contributed by atoms with Gasteiger partial charge in [0.2, 0.25) is 0 Å². The van der Waals surface area contributed by atoms with E-state index >= 15 is 0 Å². The summed E-state index contributed by atoms with van der Waals surface area (Å²) in [6, 6.07) is 6.65. The number of aryl methyl sites for hydroxylation is 1. The molecular formula is C18H23N3O. The lowest BCUT2D eigenvalue weighted by atomic mass is 10.0. The highest BCUT2D eigenvalue weighted by Gasteiger charge is 2.20. The fourth-order valence-electron chi connectivity index (χ4n) is 3.68. The Labute approximate surface area is 131 Å². The normalized spacial score (nSPS) is 19.1. The molecule has 3 heterocycles. The molecule has 116 valence electrons. The maximum absolute atomic E-state index is 5.51. The van der Waals surface area contributed by atoms with Gasteiger partial charge in [0.05, 0.1) is 13.2 Å². The predicted octanol–water partition coefficient (Wildman–Crippen LogP) is 2.98. The van der Waals surface area contributed by atoms with Crippen molar-refractivity contribution in [2.45, 2.75) is 19.8 Å². The van der Waals surface area contributed by atoms with Gasteiger partial charge in [-0.15, -0.1) is 0 Å². The van der Waals surface area contributed by atoms with Crippen molar-refractivity contribution in [2.75, 3.05) is 49.2 Å². The fourth-order valence-corrected chi connectivity index (χ4v) is 3.68. The molecule has 0 saturated carbocycles. The van der Waals surface area contributed by atoms with Crippen LogP contribution >= 0.6 is 0 Å². The molecule has 2 aliphatic rings. The first kappa shape index (κ1) is 13.8. The van der Waals surface area contributed by atoms with E-state index in [2.05, 4.69) is 34.9 Å². The van der Waals surface area contributed by atoms with Crippen LogP contribution in [-0.4, -0.2) is 44.4 Å². The van der Waals surface area contributed by atoms with E-state index in [4.69, 9.17) is 9.72 Å². The van der Waals surface area contributed by atoms with Crippen molar-refractivity contribution in [3.05, 3.63) is 30.0 Å². The number of hydrogen-bond donors (Lipinski definition) is 0. The monoisotopic (exact) mass is 297 g/mol. The van der Waals surface area contributed by atoms with Gasteiger partial charge in [-0.3, -0.25) is 0 Å². The van der Waals surface area contributed by atoms with E-state index in [-0.39, 0.29) is 0 Å². The molecule has 2 aliphatic heterocycles. The van der Waals surface area contributed by atoms with Crippen LogP contribution in [0.3, 0.4) is 0 Å². The Kier molecular flexibility index (Phi) is 3.62. The lowest BCUT2D eigenvalue weighted by molar-refractivity contribution is 0.123. The smallest absolute Gasteiger partial charge is 0.136 e. The van der Waals surface area contributed by atoms with E-state index in [0.717, 1.165) is 45.2 Å². The molecule has 0 aliphatic carbocycles. The highest BCUT2D eigenvalue weighted by molar-refractivity contribution is 6.02. The minimum absolute atomic E-state index is 0.819. The summed E-state index contributed by atoms with van der Waals surface area (Å²) < 4.78 is 5.51. The number of aromatic nitrogens is 1. The SMILES string of the molecule is Cc1cnc(N2CCCC2)c2cccc(N3CCOCC3)c12. The molecule has 0 atom stereocenters. The summed E-state index contributed by atoms with van der Waals surface area (Å²) in [5.41, 5.74) is 2.60. The summed E-state index contributed by atoms with van der Waals surface area (Å²) in [5, 5.41) is 2.66. The minimum atomic E-state index is 0.819. The largest absolute Gasteiger partial charge is 0.378 e. The van der Waals surface area contributed by atoms with Gasteiger partial charge in [0.1, 0.15) is 5.82 Å². The van der Waals surface area contributed by atoms with Crippen molar-refractivity contribution in [1.82, 2.24) is 4.98 Å². The van der Waals surface area contributed by atoms with E-state index in [9.17, 15) is 0 Å². The van der Waals surface area contributed by atoms with Gasteiger partial charge in [-0.2, -0.15) is 0 Å². The second-order valence-corrected chi connectivity index (χ2v) is 6.26. The first-order valence-corrected chi connectivity index (χ1v) is 8.30. The van der Waals surface area contributed by atoms with Gasteiger partial charge >= 0.3 is 0 Å². The van der Waals surface area contributed by atoms with Crippen molar-refractivity contribution in [1.29, 1.82) is 0 Å². The van der Waals surface area contributed by atoms with Crippen LogP contribution in [0.4, 0.5) is 11.5 Å². The van der Waals surface area contributed by atoms with E-state index in [1.54, 1.807) is 0 Å². The number of rotatable bonds is 2. The molecule has 2 saturated heterocycles. The van der Waals surface area contributed by atoms with Gasteiger partial charge in [0.15, 0.2) is 0 Å². The number of benzene rings is 1. The molecule has 0 bridgehead atoms. The highest BCUT2D eigenvalue weighted by atomic mass is 16.5. The van der Waals surface area contributed by atoms with Gasteiger partial charge in [-0.1, -0.05) is 12.1 Å². The molecule has 1 aromatic carbocycles. The summed E-state index contributed by atoms with van der Waals surface area (Å²) in [5.74, 6) is 1.16. The number of morpholine rings is 1. The maximum Gasteiger partial charge on any atom is 0.136 e. The van der Waals surface area contributed by atoms with Crippen LogP contribution < -0.4 is 9.80 Å². The van der Waals surface area contributed by atoms with Crippen LogP contribution in [0, 0.1) is 6.92 Å². The van der Waals surface area contributed by atoms with Gasteiger partial charge in [-0.25, -0.2) is 4.98 Å². The number of pyridine rings is 1. The summed E-state index contributed by atoms with van der Waals surface area (Å²) >= 11 is 0. The molecule has 0 amide bonds. The third-order valence-corrected chi connectivity index (χ3v) is 4.82. The second-order valence-electron chi connectivity index (χ2n) is 6.26. The van der Waals surface area contributed by atoms with Gasteiger partial charge in [0.25, 0.3) is 0 Å². The summed E-state index contributed by atoms with van der Waals surface area (Å²) in [6.07, 6.45) is 4.60. The van der Waals surface area contributed by atoms with Crippen molar-refractivity contribution < 1.29 is 4.74 Å². The molecule has 0 spiro atoms. The number of ether oxygens (including phenoxy) is 1. The predicted molar refractivity (Wildman–Crippen MR) is 91.0 cm³/mol. The van der Waals surface area contributed by atoms with Crippen molar-refractivity contribution in [2.24, 2.45) is 0 Å². The van der Waals surface area contributed by atoms with Gasteiger partial charge < -0.3 is 14.5 Å². The van der Waals surface area contributed by atoms with Crippen molar-refractivity contribution in [3.63, 3.8) is 0 Å². The number of hydrogen-bond acceptors (Lipinski definition) is 4. The highest BCUT2D eigenvalue weighted by Crippen LogP contribution is 2.35. The number of anilines is 2.